The van der Waals surface area contributed by atoms with Crippen molar-refractivity contribution in [2.75, 3.05) is 0 Å². The Hall–Kier alpha value is -2.34. The monoisotopic (exact) mass is 275 g/mol. The van der Waals surface area contributed by atoms with E-state index in [0.29, 0.717) is 16.5 Å². The van der Waals surface area contributed by atoms with Crippen molar-refractivity contribution in [3.8, 4) is 11.5 Å². The van der Waals surface area contributed by atoms with Gasteiger partial charge < -0.3 is 10.7 Å². The normalized spacial score (nSPS) is 11.1. The summed E-state index contributed by atoms with van der Waals surface area (Å²) in [5.41, 5.74) is 8.26. The number of fused-ring (bicyclic) bond motifs is 1. The Labute approximate surface area is 113 Å². The quantitative estimate of drug-likeness (QED) is 0.714. The lowest BCUT2D eigenvalue weighted by atomic mass is 10.2. The number of carbonyl (C=O) groups excluding carboxylic acids is 1. The number of hydrogen-bond acceptors (Lipinski definition) is 3. The summed E-state index contributed by atoms with van der Waals surface area (Å²) >= 11 is 6.05. The minimum absolute atomic E-state index is 0.545. The summed E-state index contributed by atoms with van der Waals surface area (Å²) < 4.78 is 1.06. The highest BCUT2D eigenvalue weighted by atomic mass is 35.5. The summed E-state index contributed by atoms with van der Waals surface area (Å²) in [6.07, 6.45) is 1.49. The summed E-state index contributed by atoms with van der Waals surface area (Å²) in [7, 11) is 0. The Morgan fingerprint density at radius 1 is 1.47 bits per heavy atom. The molecule has 96 valence electrons. The lowest BCUT2D eigenvalue weighted by Gasteiger charge is -1.95. The summed E-state index contributed by atoms with van der Waals surface area (Å²) in [4.78, 5) is 18.5. The van der Waals surface area contributed by atoms with Crippen LogP contribution in [0.25, 0.3) is 22.6 Å². The first kappa shape index (κ1) is 11.7. The number of imidazole rings is 1. The first-order chi connectivity index (χ1) is 9.04. The third-order valence-corrected chi connectivity index (χ3v) is 3.23. The third kappa shape index (κ3) is 1.96. The molecule has 7 heteroatoms. The van der Waals surface area contributed by atoms with Gasteiger partial charge in [0, 0.05) is 11.2 Å². The number of nitrogens with zero attached hydrogens (tertiary/aromatic N) is 3. The second-order valence-corrected chi connectivity index (χ2v) is 4.59. The van der Waals surface area contributed by atoms with E-state index in [9.17, 15) is 4.79 Å². The number of H-pyrrole nitrogens is 1. The fourth-order valence-electron chi connectivity index (χ4n) is 1.83. The van der Waals surface area contributed by atoms with E-state index in [4.69, 9.17) is 17.3 Å². The molecule has 0 aliphatic heterocycles. The maximum atomic E-state index is 11.0. The summed E-state index contributed by atoms with van der Waals surface area (Å²) in [6, 6.07) is 4.73. The molecule has 0 saturated heterocycles. The molecule has 2 aromatic heterocycles. The topological polar surface area (TPSA) is 89.6 Å². The van der Waals surface area contributed by atoms with Crippen molar-refractivity contribution in [2.24, 2.45) is 5.73 Å². The highest BCUT2D eigenvalue weighted by molar-refractivity contribution is 6.32. The number of carbonyl (C=O) groups is 1. The van der Waals surface area contributed by atoms with Crippen LogP contribution in [-0.4, -0.2) is 25.8 Å². The minimum Gasteiger partial charge on any atom is -0.350 e. The van der Waals surface area contributed by atoms with E-state index in [0.717, 1.165) is 21.3 Å². The average Bonchev–Trinajstić information content (AvgIpc) is 2.95. The summed E-state index contributed by atoms with van der Waals surface area (Å²) in [5, 5.41) is 4.70. The van der Waals surface area contributed by atoms with E-state index < -0.39 is 6.03 Å². The molecule has 3 rings (SSSR count). The van der Waals surface area contributed by atoms with Gasteiger partial charge in [-0.1, -0.05) is 11.6 Å². The van der Waals surface area contributed by atoms with Crippen molar-refractivity contribution in [1.29, 1.82) is 0 Å². The molecule has 1 amide bonds. The molecular formula is C12H10ClN5O. The van der Waals surface area contributed by atoms with Gasteiger partial charge in [-0.15, -0.1) is 0 Å². The number of nitrogens with two attached hydrogens (primary N) is 1. The van der Waals surface area contributed by atoms with Gasteiger partial charge in [-0.05, 0) is 30.7 Å². The fourth-order valence-corrected chi connectivity index (χ4v) is 1.99. The highest BCUT2D eigenvalue weighted by Gasteiger charge is 2.11. The van der Waals surface area contributed by atoms with Gasteiger partial charge in [-0.25, -0.2) is 9.78 Å². The molecule has 1 aromatic carbocycles. The Bertz CT molecular complexity index is 750. The Morgan fingerprint density at radius 2 is 2.26 bits per heavy atom. The largest absolute Gasteiger partial charge is 0.350 e. The molecule has 0 aliphatic carbocycles. The van der Waals surface area contributed by atoms with E-state index in [1.54, 1.807) is 12.1 Å². The van der Waals surface area contributed by atoms with E-state index in [-0.39, 0.29) is 0 Å². The number of halogens is 1. The number of primary amides is 1. The zero-order valence-corrected chi connectivity index (χ0v) is 10.8. The van der Waals surface area contributed by atoms with Gasteiger partial charge in [-0.3, -0.25) is 0 Å². The molecule has 0 aliphatic rings. The van der Waals surface area contributed by atoms with Crippen LogP contribution in [0.3, 0.4) is 0 Å². The fraction of sp³-hybridized carbons (Fsp3) is 0.0833. The molecule has 0 saturated carbocycles. The van der Waals surface area contributed by atoms with Gasteiger partial charge >= 0.3 is 6.03 Å². The number of hydrogen-bond donors (Lipinski definition) is 2. The predicted octanol–water partition coefficient (Wildman–Crippen LogP) is 2.32. The third-order valence-electron chi connectivity index (χ3n) is 2.82. The van der Waals surface area contributed by atoms with Crippen molar-refractivity contribution in [1.82, 2.24) is 19.7 Å². The van der Waals surface area contributed by atoms with Crippen molar-refractivity contribution in [2.45, 2.75) is 6.92 Å². The second kappa shape index (κ2) is 4.10. The molecule has 0 atom stereocenters. The van der Waals surface area contributed by atoms with Gasteiger partial charge in [-0.2, -0.15) is 9.78 Å². The molecule has 0 radical (unpaired) electrons. The molecule has 19 heavy (non-hydrogen) atoms. The van der Waals surface area contributed by atoms with Crippen molar-refractivity contribution in [3.63, 3.8) is 0 Å². The lowest BCUT2D eigenvalue weighted by molar-refractivity contribution is 0.248. The van der Waals surface area contributed by atoms with Crippen molar-refractivity contribution < 1.29 is 4.79 Å². The maximum absolute atomic E-state index is 11.0. The average molecular weight is 276 g/mol. The zero-order chi connectivity index (χ0) is 13.6. The van der Waals surface area contributed by atoms with E-state index >= 15 is 0 Å². The van der Waals surface area contributed by atoms with E-state index in [1.807, 2.05) is 13.0 Å². The molecule has 0 fully saturated rings. The zero-order valence-electron chi connectivity index (χ0n) is 10.0. The standard InChI is InChI=1S/C12H10ClN5O/c1-6-4-9-10(5-7(6)13)16-11(15-9)8-2-3-18(17-8)12(14)19/h2-5H,1H3,(H2,14,19)(H,15,16). The number of benzene rings is 1. The van der Waals surface area contributed by atoms with Crippen LogP contribution in [0.15, 0.2) is 24.4 Å². The Morgan fingerprint density at radius 3 is 2.95 bits per heavy atom. The van der Waals surface area contributed by atoms with Crippen LogP contribution >= 0.6 is 11.6 Å². The number of rotatable bonds is 1. The second-order valence-electron chi connectivity index (χ2n) is 4.19. The number of aryl methyl sites for hydroxylation is 1. The SMILES string of the molecule is Cc1cc2[nH]c(-c3ccn(C(N)=O)n3)nc2cc1Cl. The number of aromatic nitrogens is 4. The summed E-state index contributed by atoms with van der Waals surface area (Å²) in [5.74, 6) is 0.566. The molecule has 3 N–H and O–H groups in total. The molecule has 0 spiro atoms. The molecule has 2 heterocycles. The number of nitrogens with one attached hydrogen (secondary N) is 1. The maximum Gasteiger partial charge on any atom is 0.339 e. The Kier molecular flexibility index (Phi) is 2.53. The van der Waals surface area contributed by atoms with Crippen molar-refractivity contribution in [3.05, 3.63) is 35.0 Å². The molecule has 0 bridgehead atoms. The molecule has 6 nitrogen and oxygen atoms in total. The van der Waals surface area contributed by atoms with Crippen LogP contribution in [0.1, 0.15) is 5.56 Å². The van der Waals surface area contributed by atoms with E-state index in [2.05, 4.69) is 15.1 Å². The summed E-state index contributed by atoms with van der Waals surface area (Å²) in [6.45, 7) is 1.92. The highest BCUT2D eigenvalue weighted by Crippen LogP contribution is 2.24. The smallest absolute Gasteiger partial charge is 0.339 e. The van der Waals surface area contributed by atoms with Crippen LogP contribution in [0, 0.1) is 6.92 Å². The van der Waals surface area contributed by atoms with Crippen LogP contribution in [0.5, 0.6) is 0 Å². The first-order valence-electron chi connectivity index (χ1n) is 5.56. The lowest BCUT2D eigenvalue weighted by Crippen LogP contribution is -2.19. The minimum atomic E-state index is -0.638. The van der Waals surface area contributed by atoms with Gasteiger partial charge in [0.05, 0.1) is 11.0 Å². The number of amides is 1. The molecule has 3 aromatic rings. The van der Waals surface area contributed by atoms with E-state index in [1.165, 1.54) is 6.20 Å². The van der Waals surface area contributed by atoms with Gasteiger partial charge in [0.25, 0.3) is 0 Å². The number of aromatic amines is 1. The van der Waals surface area contributed by atoms with Gasteiger partial charge in [0.15, 0.2) is 5.82 Å². The molecular weight excluding hydrogens is 266 g/mol. The van der Waals surface area contributed by atoms with Gasteiger partial charge in [0.2, 0.25) is 0 Å². The van der Waals surface area contributed by atoms with Crippen molar-refractivity contribution >= 4 is 28.7 Å². The Balaban J connectivity index is 2.12. The van der Waals surface area contributed by atoms with Crippen LogP contribution in [0.2, 0.25) is 5.02 Å². The first-order valence-corrected chi connectivity index (χ1v) is 5.94. The van der Waals surface area contributed by atoms with Crippen LogP contribution in [-0.2, 0) is 0 Å². The van der Waals surface area contributed by atoms with Crippen LogP contribution in [0.4, 0.5) is 4.79 Å². The molecule has 0 unspecified atom stereocenters. The van der Waals surface area contributed by atoms with Crippen LogP contribution < -0.4 is 5.73 Å². The predicted molar refractivity (Wildman–Crippen MR) is 72.0 cm³/mol. The van der Waals surface area contributed by atoms with Gasteiger partial charge in [0.1, 0.15) is 5.69 Å².